The highest BCUT2D eigenvalue weighted by molar-refractivity contribution is 6.04. The molecule has 0 spiro atoms. The number of pyridine rings is 1. The normalized spacial score (nSPS) is 14.5. The molecule has 168 valence electrons. The molecular formula is C28H25N5O. The van der Waals surface area contributed by atoms with Crippen molar-refractivity contribution < 1.29 is 4.79 Å². The Kier molecular flexibility index (Phi) is 5.18. The van der Waals surface area contributed by atoms with Crippen LogP contribution in [0, 0.1) is 0 Å². The van der Waals surface area contributed by atoms with E-state index in [4.69, 9.17) is 0 Å². The number of carbonyl (C=O) groups excluding carboxylic acids is 1. The summed E-state index contributed by atoms with van der Waals surface area (Å²) in [6.07, 6.45) is 4.00. The fourth-order valence-electron chi connectivity index (χ4n) is 4.83. The Morgan fingerprint density at radius 1 is 0.912 bits per heavy atom. The summed E-state index contributed by atoms with van der Waals surface area (Å²) in [4.78, 5) is 27.3. The van der Waals surface area contributed by atoms with Gasteiger partial charge in [-0.2, -0.15) is 0 Å². The van der Waals surface area contributed by atoms with Gasteiger partial charge in [0.2, 0.25) is 5.95 Å². The average molecular weight is 448 g/mol. The van der Waals surface area contributed by atoms with Crippen molar-refractivity contribution in [3.05, 3.63) is 96.3 Å². The summed E-state index contributed by atoms with van der Waals surface area (Å²) < 4.78 is 0. The molecule has 2 N–H and O–H groups in total. The van der Waals surface area contributed by atoms with Gasteiger partial charge in [-0.1, -0.05) is 54.6 Å². The highest BCUT2D eigenvalue weighted by Crippen LogP contribution is 2.31. The van der Waals surface area contributed by atoms with Crippen LogP contribution in [0.5, 0.6) is 0 Å². The Hall–Kier alpha value is -4.19. The van der Waals surface area contributed by atoms with Crippen LogP contribution in [0.1, 0.15) is 34.8 Å². The van der Waals surface area contributed by atoms with E-state index in [2.05, 4.69) is 67.6 Å². The van der Waals surface area contributed by atoms with Gasteiger partial charge < -0.3 is 9.88 Å². The number of piperidine rings is 1. The zero-order valence-electron chi connectivity index (χ0n) is 18.7. The van der Waals surface area contributed by atoms with Gasteiger partial charge in [0, 0.05) is 30.4 Å². The number of aromatic amines is 1. The Morgan fingerprint density at radius 2 is 1.68 bits per heavy atom. The Labute approximate surface area is 197 Å². The van der Waals surface area contributed by atoms with E-state index in [1.54, 1.807) is 12.3 Å². The van der Waals surface area contributed by atoms with E-state index in [0.717, 1.165) is 47.7 Å². The van der Waals surface area contributed by atoms with E-state index >= 15 is 0 Å². The van der Waals surface area contributed by atoms with Crippen LogP contribution in [-0.4, -0.2) is 33.9 Å². The summed E-state index contributed by atoms with van der Waals surface area (Å²) in [5.41, 5.74) is 4.70. The van der Waals surface area contributed by atoms with Crippen molar-refractivity contribution in [2.24, 2.45) is 0 Å². The van der Waals surface area contributed by atoms with Crippen LogP contribution in [0.2, 0.25) is 0 Å². The number of anilines is 2. The lowest BCUT2D eigenvalue weighted by atomic mass is 9.89. The molecule has 0 radical (unpaired) electrons. The van der Waals surface area contributed by atoms with E-state index in [-0.39, 0.29) is 5.91 Å². The summed E-state index contributed by atoms with van der Waals surface area (Å²) in [6.45, 7) is 2.04. The molecule has 1 aliphatic rings. The molecule has 1 saturated heterocycles. The maximum atomic E-state index is 12.8. The number of nitrogens with one attached hydrogen (secondary N) is 2. The van der Waals surface area contributed by atoms with E-state index in [9.17, 15) is 4.79 Å². The molecule has 0 unspecified atom stereocenters. The van der Waals surface area contributed by atoms with Crippen LogP contribution in [0.3, 0.4) is 0 Å². The zero-order chi connectivity index (χ0) is 22.9. The van der Waals surface area contributed by atoms with Gasteiger partial charge >= 0.3 is 0 Å². The highest BCUT2D eigenvalue weighted by Gasteiger charge is 2.21. The van der Waals surface area contributed by atoms with Gasteiger partial charge in [0.05, 0.1) is 11.0 Å². The first-order chi connectivity index (χ1) is 16.7. The quantitative estimate of drug-likeness (QED) is 0.368. The molecule has 6 heteroatoms. The lowest BCUT2D eigenvalue weighted by molar-refractivity contribution is 0.102. The van der Waals surface area contributed by atoms with Crippen LogP contribution in [0.15, 0.2) is 85.1 Å². The van der Waals surface area contributed by atoms with Crippen molar-refractivity contribution in [3.63, 3.8) is 0 Å². The number of nitrogens with zero attached hydrogens (tertiary/aromatic N) is 3. The van der Waals surface area contributed by atoms with Crippen LogP contribution in [-0.2, 0) is 0 Å². The Bertz CT molecular complexity index is 1470. The Balaban J connectivity index is 1.16. The van der Waals surface area contributed by atoms with E-state index < -0.39 is 0 Å². The lowest BCUT2D eigenvalue weighted by Crippen LogP contribution is -2.32. The molecule has 3 aromatic carbocycles. The standard InChI is InChI=1S/C28H25N5O/c34-27(26-16-21-8-4-5-9-22(21)18-29-26)32-28-30-24-11-10-23(17-25(24)31-28)33-14-12-20(13-15-33)19-6-2-1-3-7-19/h1-11,16-18,20H,12-15H2,(H2,30,31,32,34). The van der Waals surface area contributed by atoms with E-state index in [1.165, 1.54) is 11.3 Å². The fraction of sp³-hybridized carbons (Fsp3) is 0.179. The predicted octanol–water partition coefficient (Wildman–Crippen LogP) is 5.75. The van der Waals surface area contributed by atoms with Gasteiger partial charge in [-0.3, -0.25) is 15.1 Å². The molecule has 1 aliphatic heterocycles. The monoisotopic (exact) mass is 447 g/mol. The third-order valence-electron chi connectivity index (χ3n) is 6.69. The molecule has 34 heavy (non-hydrogen) atoms. The van der Waals surface area contributed by atoms with Crippen LogP contribution < -0.4 is 10.2 Å². The molecule has 0 aliphatic carbocycles. The van der Waals surface area contributed by atoms with Crippen molar-refractivity contribution >= 4 is 39.3 Å². The highest BCUT2D eigenvalue weighted by atomic mass is 16.2. The molecule has 5 aromatic rings. The number of fused-ring (bicyclic) bond motifs is 2. The van der Waals surface area contributed by atoms with Crippen molar-refractivity contribution in [1.82, 2.24) is 15.0 Å². The minimum absolute atomic E-state index is 0.284. The van der Waals surface area contributed by atoms with Crippen molar-refractivity contribution in [1.29, 1.82) is 0 Å². The number of aromatic nitrogens is 3. The summed E-state index contributed by atoms with van der Waals surface area (Å²) in [5, 5.41) is 4.84. The fourth-order valence-corrected chi connectivity index (χ4v) is 4.83. The second-order valence-electron chi connectivity index (χ2n) is 8.83. The maximum Gasteiger partial charge on any atom is 0.276 e. The number of hydrogen-bond donors (Lipinski definition) is 2. The molecule has 2 aromatic heterocycles. The Morgan fingerprint density at radius 3 is 2.50 bits per heavy atom. The SMILES string of the molecule is O=C(Nc1nc2cc(N3CCC(c4ccccc4)CC3)ccc2[nH]1)c1cc2ccccc2cn1. The maximum absolute atomic E-state index is 12.8. The van der Waals surface area contributed by atoms with E-state index in [0.29, 0.717) is 17.6 Å². The summed E-state index contributed by atoms with van der Waals surface area (Å²) in [5.74, 6) is 0.764. The second-order valence-corrected chi connectivity index (χ2v) is 8.83. The number of imidazole rings is 1. The number of benzene rings is 3. The third kappa shape index (κ3) is 3.99. The smallest absolute Gasteiger partial charge is 0.276 e. The van der Waals surface area contributed by atoms with E-state index in [1.807, 2.05) is 30.3 Å². The largest absolute Gasteiger partial charge is 0.371 e. The number of rotatable bonds is 4. The number of H-pyrrole nitrogens is 1. The number of hydrogen-bond acceptors (Lipinski definition) is 4. The topological polar surface area (TPSA) is 73.9 Å². The second kappa shape index (κ2) is 8.63. The first kappa shape index (κ1) is 20.4. The van der Waals surface area contributed by atoms with Gasteiger partial charge in [0.25, 0.3) is 5.91 Å². The van der Waals surface area contributed by atoms with Gasteiger partial charge in [-0.25, -0.2) is 4.98 Å². The predicted molar refractivity (Wildman–Crippen MR) is 136 cm³/mol. The minimum atomic E-state index is -0.284. The van der Waals surface area contributed by atoms with Crippen LogP contribution in [0.25, 0.3) is 21.8 Å². The van der Waals surface area contributed by atoms with Gasteiger partial charge in [0.1, 0.15) is 5.69 Å². The molecule has 0 saturated carbocycles. The summed E-state index contributed by atoms with van der Waals surface area (Å²) in [7, 11) is 0. The van der Waals surface area contributed by atoms with Crippen molar-refractivity contribution in [2.75, 3.05) is 23.3 Å². The molecule has 6 nitrogen and oxygen atoms in total. The summed E-state index contributed by atoms with van der Waals surface area (Å²) in [6, 6.07) is 26.7. The molecule has 1 fully saturated rings. The van der Waals surface area contributed by atoms with Gasteiger partial charge in [-0.05, 0) is 54.0 Å². The molecule has 6 rings (SSSR count). The molecule has 0 atom stereocenters. The molecule has 1 amide bonds. The van der Waals surface area contributed by atoms with Crippen molar-refractivity contribution in [3.8, 4) is 0 Å². The molecular weight excluding hydrogens is 422 g/mol. The summed E-state index contributed by atoms with van der Waals surface area (Å²) >= 11 is 0. The third-order valence-corrected chi connectivity index (χ3v) is 6.69. The van der Waals surface area contributed by atoms with Crippen molar-refractivity contribution in [2.45, 2.75) is 18.8 Å². The minimum Gasteiger partial charge on any atom is -0.371 e. The van der Waals surface area contributed by atoms with Crippen LogP contribution in [0.4, 0.5) is 11.6 Å². The lowest BCUT2D eigenvalue weighted by Gasteiger charge is -2.33. The molecule has 3 heterocycles. The first-order valence-electron chi connectivity index (χ1n) is 11.7. The van der Waals surface area contributed by atoms with Gasteiger partial charge in [0.15, 0.2) is 0 Å². The number of carbonyl (C=O) groups is 1. The molecule has 0 bridgehead atoms. The average Bonchev–Trinajstić information content (AvgIpc) is 3.30. The van der Waals surface area contributed by atoms with Gasteiger partial charge in [-0.15, -0.1) is 0 Å². The zero-order valence-corrected chi connectivity index (χ0v) is 18.7. The first-order valence-corrected chi connectivity index (χ1v) is 11.7. The van der Waals surface area contributed by atoms with Crippen LogP contribution >= 0.6 is 0 Å². The number of amides is 1.